The van der Waals surface area contributed by atoms with Crippen molar-refractivity contribution >= 4 is 38.9 Å². The van der Waals surface area contributed by atoms with E-state index in [4.69, 9.17) is 0 Å². The lowest BCUT2D eigenvalue weighted by molar-refractivity contribution is 1.18. The maximum Gasteiger partial charge on any atom is 0.0562 e. The lowest BCUT2D eigenvalue weighted by atomic mass is 9.94. The molecule has 2 heteroatoms. The molecule has 0 aliphatic carbocycles. The zero-order valence-corrected chi connectivity index (χ0v) is 20.8. The third-order valence-corrected chi connectivity index (χ3v) is 7.71. The van der Waals surface area contributed by atoms with Crippen LogP contribution in [0.25, 0.3) is 49.7 Å². The van der Waals surface area contributed by atoms with Gasteiger partial charge in [0, 0.05) is 33.3 Å². The van der Waals surface area contributed by atoms with Crippen LogP contribution in [0.3, 0.4) is 0 Å². The van der Waals surface area contributed by atoms with E-state index in [0.717, 1.165) is 5.69 Å². The minimum absolute atomic E-state index is 1.15. The second kappa shape index (κ2) is 8.22. The number of hydrogen-bond acceptors (Lipinski definition) is 1. The zero-order chi connectivity index (χ0) is 25.1. The highest BCUT2D eigenvalue weighted by atomic mass is 15.2. The molecule has 0 saturated carbocycles. The summed E-state index contributed by atoms with van der Waals surface area (Å²) in [5.41, 5.74) is 12.1. The Morgan fingerprint density at radius 3 is 1.68 bits per heavy atom. The summed E-state index contributed by atoms with van der Waals surface area (Å²) >= 11 is 0. The summed E-state index contributed by atoms with van der Waals surface area (Å²) in [6.07, 6.45) is 0. The minimum Gasteiger partial charge on any atom is -0.309 e. The standard InChI is InChI=1S/C36H24N2/c1-3-13-25(14-4-1)37-33-21-11-9-19-29(33)27-17-7-8-18-28(27)31-23-32-30-20-10-12-22-34(30)38(36(32)24-35(31)37)26-15-5-2-6-16-26/h1-24H. The highest BCUT2D eigenvalue weighted by Gasteiger charge is 2.27. The van der Waals surface area contributed by atoms with Gasteiger partial charge in [-0.15, -0.1) is 0 Å². The molecule has 38 heavy (non-hydrogen) atoms. The maximum absolute atomic E-state index is 2.43. The van der Waals surface area contributed by atoms with E-state index in [2.05, 4.69) is 155 Å². The molecule has 0 bridgehead atoms. The van der Waals surface area contributed by atoms with Gasteiger partial charge in [-0.1, -0.05) is 97.1 Å². The van der Waals surface area contributed by atoms with Gasteiger partial charge in [0.2, 0.25) is 0 Å². The maximum atomic E-state index is 2.43. The van der Waals surface area contributed by atoms with E-state index in [0.29, 0.717) is 0 Å². The highest BCUT2D eigenvalue weighted by molar-refractivity contribution is 6.14. The van der Waals surface area contributed by atoms with Crippen LogP contribution in [-0.2, 0) is 0 Å². The molecule has 1 aromatic heterocycles. The van der Waals surface area contributed by atoms with E-state index in [1.807, 2.05) is 0 Å². The summed E-state index contributed by atoms with van der Waals surface area (Å²) in [4.78, 5) is 2.43. The van der Waals surface area contributed by atoms with Crippen molar-refractivity contribution in [3.8, 4) is 27.9 Å². The predicted octanol–water partition coefficient (Wildman–Crippen LogP) is 9.90. The monoisotopic (exact) mass is 484 g/mol. The molecule has 0 spiro atoms. The van der Waals surface area contributed by atoms with Crippen molar-refractivity contribution in [2.24, 2.45) is 0 Å². The Labute approximate surface area is 221 Å². The SMILES string of the molecule is c1ccc(N2c3ccccc3-c3ccccc3-c3cc4c5ccccc5n(-c5ccccc5)c4cc32)cc1. The van der Waals surface area contributed by atoms with Crippen LogP contribution in [0.4, 0.5) is 17.1 Å². The number of aromatic nitrogens is 1. The fourth-order valence-electron chi connectivity index (χ4n) is 6.09. The first-order valence-electron chi connectivity index (χ1n) is 13.0. The molecule has 0 unspecified atom stereocenters. The second-order valence-corrected chi connectivity index (χ2v) is 9.81. The van der Waals surface area contributed by atoms with Crippen LogP contribution in [0, 0.1) is 0 Å². The van der Waals surface area contributed by atoms with Crippen LogP contribution in [0.15, 0.2) is 146 Å². The second-order valence-electron chi connectivity index (χ2n) is 9.81. The molecule has 0 amide bonds. The van der Waals surface area contributed by atoms with Crippen molar-refractivity contribution in [1.82, 2.24) is 4.57 Å². The smallest absolute Gasteiger partial charge is 0.0562 e. The summed E-state index contributed by atoms with van der Waals surface area (Å²) < 4.78 is 2.40. The van der Waals surface area contributed by atoms with Gasteiger partial charge in [-0.25, -0.2) is 0 Å². The molecule has 178 valence electrons. The van der Waals surface area contributed by atoms with E-state index >= 15 is 0 Å². The van der Waals surface area contributed by atoms with Gasteiger partial charge in [0.15, 0.2) is 0 Å². The Bertz CT molecular complexity index is 1970. The lowest BCUT2D eigenvalue weighted by Crippen LogP contribution is -2.11. The van der Waals surface area contributed by atoms with Crippen molar-refractivity contribution in [3.05, 3.63) is 146 Å². The number of rotatable bonds is 2. The van der Waals surface area contributed by atoms with Gasteiger partial charge in [-0.3, -0.25) is 0 Å². The van der Waals surface area contributed by atoms with Crippen LogP contribution >= 0.6 is 0 Å². The topological polar surface area (TPSA) is 8.17 Å². The summed E-state index contributed by atoms with van der Waals surface area (Å²) in [5, 5.41) is 2.52. The van der Waals surface area contributed by atoms with E-state index in [-0.39, 0.29) is 0 Å². The molecule has 2 nitrogen and oxygen atoms in total. The van der Waals surface area contributed by atoms with Crippen molar-refractivity contribution < 1.29 is 0 Å². The number of anilines is 3. The van der Waals surface area contributed by atoms with Gasteiger partial charge in [-0.05, 0) is 59.7 Å². The minimum atomic E-state index is 1.15. The van der Waals surface area contributed by atoms with Gasteiger partial charge >= 0.3 is 0 Å². The Morgan fingerprint density at radius 2 is 0.921 bits per heavy atom. The van der Waals surface area contributed by atoms with Gasteiger partial charge in [0.25, 0.3) is 0 Å². The molecule has 6 aromatic carbocycles. The largest absolute Gasteiger partial charge is 0.309 e. The average Bonchev–Trinajstić information content (AvgIpc) is 3.25. The number of nitrogens with zero attached hydrogens (tertiary/aromatic N) is 2. The number of fused-ring (bicyclic) bond motifs is 8. The lowest BCUT2D eigenvalue weighted by Gasteiger charge is -2.27. The van der Waals surface area contributed by atoms with Crippen LogP contribution in [0.1, 0.15) is 0 Å². The number of para-hydroxylation sites is 4. The van der Waals surface area contributed by atoms with Gasteiger partial charge in [0.1, 0.15) is 0 Å². The molecule has 2 heterocycles. The van der Waals surface area contributed by atoms with E-state index in [9.17, 15) is 0 Å². The van der Waals surface area contributed by atoms with Crippen LogP contribution in [-0.4, -0.2) is 4.57 Å². The highest BCUT2D eigenvalue weighted by Crippen LogP contribution is 2.52. The van der Waals surface area contributed by atoms with Crippen LogP contribution in [0.5, 0.6) is 0 Å². The van der Waals surface area contributed by atoms with Crippen molar-refractivity contribution in [2.45, 2.75) is 0 Å². The summed E-state index contributed by atoms with van der Waals surface area (Å²) in [5.74, 6) is 0. The first-order valence-corrected chi connectivity index (χ1v) is 13.0. The van der Waals surface area contributed by atoms with Crippen LogP contribution in [0.2, 0.25) is 0 Å². The third kappa shape index (κ3) is 3.01. The first-order chi connectivity index (χ1) is 18.9. The molecule has 0 N–H and O–H groups in total. The number of hydrogen-bond donors (Lipinski definition) is 0. The Hall–Kier alpha value is -5.08. The number of benzene rings is 6. The molecular formula is C36H24N2. The normalized spacial score (nSPS) is 12.2. The fourth-order valence-corrected chi connectivity index (χ4v) is 6.09. The molecule has 0 fully saturated rings. The Balaban J connectivity index is 1.56. The Kier molecular flexibility index (Phi) is 4.55. The predicted molar refractivity (Wildman–Crippen MR) is 160 cm³/mol. The van der Waals surface area contributed by atoms with Crippen LogP contribution < -0.4 is 4.90 Å². The van der Waals surface area contributed by atoms with E-state index in [1.54, 1.807) is 0 Å². The van der Waals surface area contributed by atoms with Gasteiger partial charge in [0.05, 0.1) is 22.4 Å². The molecular weight excluding hydrogens is 460 g/mol. The van der Waals surface area contributed by atoms with Crippen molar-refractivity contribution in [3.63, 3.8) is 0 Å². The summed E-state index contributed by atoms with van der Waals surface area (Å²) in [6, 6.07) is 52.6. The van der Waals surface area contributed by atoms with Gasteiger partial charge in [-0.2, -0.15) is 0 Å². The molecule has 0 atom stereocenters. The molecule has 0 radical (unpaired) electrons. The average molecular weight is 485 g/mol. The van der Waals surface area contributed by atoms with Gasteiger partial charge < -0.3 is 9.47 Å². The molecule has 1 aliphatic heterocycles. The quantitative estimate of drug-likeness (QED) is 0.237. The summed E-state index contributed by atoms with van der Waals surface area (Å²) in [6.45, 7) is 0. The third-order valence-electron chi connectivity index (χ3n) is 7.71. The van der Waals surface area contributed by atoms with Crippen molar-refractivity contribution in [1.29, 1.82) is 0 Å². The Morgan fingerprint density at radius 1 is 0.342 bits per heavy atom. The van der Waals surface area contributed by atoms with E-state index < -0.39 is 0 Å². The molecule has 0 saturated heterocycles. The molecule has 1 aliphatic rings. The summed E-state index contributed by atoms with van der Waals surface area (Å²) in [7, 11) is 0. The zero-order valence-electron chi connectivity index (χ0n) is 20.8. The molecule has 8 rings (SSSR count). The fraction of sp³-hybridized carbons (Fsp3) is 0. The first kappa shape index (κ1) is 21.0. The molecule has 7 aromatic rings. The van der Waals surface area contributed by atoms with E-state index in [1.165, 1.54) is 61.1 Å². The van der Waals surface area contributed by atoms with Crippen molar-refractivity contribution in [2.75, 3.05) is 4.90 Å².